The maximum Gasteiger partial charge on any atom is 0.231 e. The van der Waals surface area contributed by atoms with Gasteiger partial charge in [0.05, 0.1) is 6.07 Å². The summed E-state index contributed by atoms with van der Waals surface area (Å²) in [6.07, 6.45) is 1.49. The van der Waals surface area contributed by atoms with Crippen molar-refractivity contribution < 1.29 is 9.47 Å². The highest BCUT2D eigenvalue weighted by molar-refractivity contribution is 5.48. The lowest BCUT2D eigenvalue weighted by Crippen LogP contribution is -2.18. The number of ether oxygens (including phenoxy) is 2. The normalized spacial score (nSPS) is 12.5. The molecule has 4 heteroatoms. The van der Waals surface area contributed by atoms with Crippen LogP contribution in [0.3, 0.4) is 0 Å². The van der Waals surface area contributed by atoms with E-state index in [0.29, 0.717) is 13.2 Å². The number of nitrogens with zero attached hydrogens (tertiary/aromatic N) is 1. The number of hydrogen-bond acceptors (Lipinski definition) is 4. The predicted molar refractivity (Wildman–Crippen MR) is 64.1 cm³/mol. The first kappa shape index (κ1) is 11.7. The molecule has 0 bridgehead atoms. The first-order chi connectivity index (χ1) is 8.31. The van der Waals surface area contributed by atoms with Crippen LogP contribution >= 0.6 is 0 Å². The zero-order chi connectivity index (χ0) is 12.1. The first-order valence-corrected chi connectivity index (χ1v) is 5.78. The molecule has 0 atom stereocenters. The molecular formula is C13H16N2O2. The van der Waals surface area contributed by atoms with Crippen LogP contribution < -0.4 is 14.8 Å². The highest BCUT2D eigenvalue weighted by Crippen LogP contribution is 2.34. The zero-order valence-electron chi connectivity index (χ0n) is 9.95. The number of hydrogen-bond donors (Lipinski definition) is 1. The molecule has 0 aliphatic carbocycles. The van der Waals surface area contributed by atoms with Crippen LogP contribution in [0.25, 0.3) is 0 Å². The molecule has 0 unspecified atom stereocenters. The largest absolute Gasteiger partial charge is 0.454 e. The molecule has 0 spiro atoms. The number of nitrogens with one attached hydrogen (secondary N) is 1. The van der Waals surface area contributed by atoms with Crippen molar-refractivity contribution in [3.63, 3.8) is 0 Å². The molecule has 4 nitrogen and oxygen atoms in total. The average molecular weight is 232 g/mol. The van der Waals surface area contributed by atoms with Gasteiger partial charge in [-0.15, -0.1) is 0 Å². The third kappa shape index (κ3) is 2.89. The van der Waals surface area contributed by atoms with Gasteiger partial charge in [-0.25, -0.2) is 0 Å². The summed E-state index contributed by atoms with van der Waals surface area (Å²) in [6.45, 7) is 4.02. The molecule has 2 rings (SSSR count). The summed E-state index contributed by atoms with van der Waals surface area (Å²) in [5.41, 5.74) is 2.48. The fraction of sp³-hybridized carbons (Fsp3) is 0.462. The van der Waals surface area contributed by atoms with E-state index in [4.69, 9.17) is 14.7 Å². The molecule has 17 heavy (non-hydrogen) atoms. The Kier molecular flexibility index (Phi) is 3.84. The predicted octanol–water partition coefficient (Wildman–Crippen LogP) is 1.77. The lowest BCUT2D eigenvalue weighted by Gasteiger charge is -2.08. The monoisotopic (exact) mass is 232 g/mol. The Labute approximate surface area is 101 Å². The molecule has 1 aliphatic rings. The lowest BCUT2D eigenvalue weighted by molar-refractivity contribution is 0.174. The minimum Gasteiger partial charge on any atom is -0.454 e. The third-order valence-corrected chi connectivity index (χ3v) is 2.82. The number of benzene rings is 1. The standard InChI is InChI=1S/C13H16N2O2/c1-10-7-12-13(17-9-16-12)8-11(10)3-6-15-5-2-4-14/h7-8,15H,2-3,5-6,9H2,1H3. The van der Waals surface area contributed by atoms with Crippen molar-refractivity contribution in [2.45, 2.75) is 19.8 Å². The second-order valence-corrected chi connectivity index (χ2v) is 4.04. The topological polar surface area (TPSA) is 54.3 Å². The van der Waals surface area contributed by atoms with Crippen LogP contribution in [0.4, 0.5) is 0 Å². The van der Waals surface area contributed by atoms with Crippen molar-refractivity contribution >= 4 is 0 Å². The summed E-state index contributed by atoms with van der Waals surface area (Å²) in [5.74, 6) is 1.67. The van der Waals surface area contributed by atoms with Crippen LogP contribution in [0.2, 0.25) is 0 Å². The average Bonchev–Trinajstić information content (AvgIpc) is 2.76. The molecule has 1 aromatic rings. The van der Waals surface area contributed by atoms with Crippen molar-refractivity contribution in [1.82, 2.24) is 5.32 Å². The zero-order valence-corrected chi connectivity index (χ0v) is 9.95. The van der Waals surface area contributed by atoms with E-state index in [1.54, 1.807) is 0 Å². The number of rotatable bonds is 5. The van der Waals surface area contributed by atoms with Gasteiger partial charge in [-0.05, 0) is 43.1 Å². The van der Waals surface area contributed by atoms with Crippen LogP contribution in [0.15, 0.2) is 12.1 Å². The van der Waals surface area contributed by atoms with Gasteiger partial charge in [0.25, 0.3) is 0 Å². The number of nitriles is 1. The molecule has 1 aliphatic heterocycles. The van der Waals surface area contributed by atoms with Crippen LogP contribution in [0, 0.1) is 18.3 Å². The van der Waals surface area contributed by atoms with Gasteiger partial charge in [0.15, 0.2) is 11.5 Å². The minimum absolute atomic E-state index is 0.318. The SMILES string of the molecule is Cc1cc2c(cc1CCNCCC#N)OCO2. The molecule has 0 saturated heterocycles. The van der Waals surface area contributed by atoms with E-state index in [1.165, 1.54) is 11.1 Å². The summed E-state index contributed by atoms with van der Waals surface area (Å²) in [5, 5.41) is 11.6. The second kappa shape index (κ2) is 5.55. The van der Waals surface area contributed by atoms with E-state index >= 15 is 0 Å². The van der Waals surface area contributed by atoms with E-state index in [0.717, 1.165) is 31.0 Å². The molecular weight excluding hydrogens is 216 g/mol. The Morgan fingerprint density at radius 2 is 2.06 bits per heavy atom. The van der Waals surface area contributed by atoms with E-state index in [9.17, 15) is 0 Å². The van der Waals surface area contributed by atoms with Crippen molar-refractivity contribution in [3.05, 3.63) is 23.3 Å². The summed E-state index contributed by atoms with van der Waals surface area (Å²) in [6, 6.07) is 6.18. The molecule has 0 radical (unpaired) electrons. The van der Waals surface area contributed by atoms with Crippen molar-refractivity contribution in [3.8, 4) is 17.6 Å². The number of fused-ring (bicyclic) bond motifs is 1. The van der Waals surface area contributed by atoms with Gasteiger partial charge >= 0.3 is 0 Å². The fourth-order valence-corrected chi connectivity index (χ4v) is 1.85. The quantitative estimate of drug-likeness (QED) is 0.786. The summed E-state index contributed by atoms with van der Waals surface area (Å²) in [7, 11) is 0. The van der Waals surface area contributed by atoms with Gasteiger partial charge in [-0.2, -0.15) is 5.26 Å². The van der Waals surface area contributed by atoms with Crippen molar-refractivity contribution in [2.75, 3.05) is 19.9 Å². The fourth-order valence-electron chi connectivity index (χ4n) is 1.85. The molecule has 0 amide bonds. The van der Waals surface area contributed by atoms with Crippen molar-refractivity contribution in [2.24, 2.45) is 0 Å². The molecule has 90 valence electrons. The first-order valence-electron chi connectivity index (χ1n) is 5.78. The van der Waals surface area contributed by atoms with Gasteiger partial charge < -0.3 is 14.8 Å². The van der Waals surface area contributed by atoms with E-state index < -0.39 is 0 Å². The lowest BCUT2D eigenvalue weighted by atomic mass is 10.0. The Balaban J connectivity index is 1.90. The van der Waals surface area contributed by atoms with E-state index in [1.807, 2.05) is 12.1 Å². The van der Waals surface area contributed by atoms with Crippen LogP contribution in [0.5, 0.6) is 11.5 Å². The third-order valence-electron chi connectivity index (χ3n) is 2.82. The Morgan fingerprint density at radius 3 is 2.82 bits per heavy atom. The van der Waals surface area contributed by atoms with E-state index in [-0.39, 0.29) is 0 Å². The molecule has 0 aromatic heterocycles. The van der Waals surface area contributed by atoms with Crippen LogP contribution in [-0.4, -0.2) is 19.9 Å². The van der Waals surface area contributed by atoms with Crippen molar-refractivity contribution in [1.29, 1.82) is 5.26 Å². The summed E-state index contributed by atoms with van der Waals surface area (Å²) in [4.78, 5) is 0. The molecule has 1 aromatic carbocycles. The van der Waals surface area contributed by atoms with Gasteiger partial charge in [0.1, 0.15) is 0 Å². The Hall–Kier alpha value is -1.73. The van der Waals surface area contributed by atoms with E-state index in [2.05, 4.69) is 18.3 Å². The van der Waals surface area contributed by atoms with Gasteiger partial charge in [-0.3, -0.25) is 0 Å². The molecule has 0 saturated carbocycles. The molecule has 0 fully saturated rings. The Bertz CT molecular complexity index is 438. The summed E-state index contributed by atoms with van der Waals surface area (Å²) >= 11 is 0. The Morgan fingerprint density at radius 1 is 1.29 bits per heavy atom. The highest BCUT2D eigenvalue weighted by atomic mass is 16.7. The molecule has 1 heterocycles. The minimum atomic E-state index is 0.318. The smallest absolute Gasteiger partial charge is 0.231 e. The van der Waals surface area contributed by atoms with Crippen LogP contribution in [-0.2, 0) is 6.42 Å². The maximum atomic E-state index is 8.41. The summed E-state index contributed by atoms with van der Waals surface area (Å²) < 4.78 is 10.7. The van der Waals surface area contributed by atoms with Gasteiger partial charge in [-0.1, -0.05) is 0 Å². The number of aryl methyl sites for hydroxylation is 1. The van der Waals surface area contributed by atoms with Gasteiger partial charge in [0, 0.05) is 13.0 Å². The highest BCUT2D eigenvalue weighted by Gasteiger charge is 2.15. The van der Waals surface area contributed by atoms with Crippen LogP contribution in [0.1, 0.15) is 17.5 Å². The second-order valence-electron chi connectivity index (χ2n) is 4.04. The molecule has 1 N–H and O–H groups in total. The van der Waals surface area contributed by atoms with Gasteiger partial charge in [0.2, 0.25) is 6.79 Å². The maximum absolute atomic E-state index is 8.41.